The zero-order valence-corrected chi connectivity index (χ0v) is 14.6. The summed E-state index contributed by atoms with van der Waals surface area (Å²) in [7, 11) is 0. The Morgan fingerprint density at radius 2 is 1.52 bits per heavy atom. The Kier molecular flexibility index (Phi) is 5.84. The van der Waals surface area contributed by atoms with Gasteiger partial charge < -0.3 is 15.2 Å². The Morgan fingerprint density at radius 3 is 2.22 bits per heavy atom. The molecule has 0 fully saturated rings. The summed E-state index contributed by atoms with van der Waals surface area (Å²) in [5.41, 5.74) is 2.29. The van der Waals surface area contributed by atoms with Gasteiger partial charge in [0, 0.05) is 12.1 Å². The second-order valence-electron chi connectivity index (χ2n) is 5.94. The maximum absolute atomic E-state index is 12.3. The predicted molar refractivity (Wildman–Crippen MR) is 102 cm³/mol. The van der Waals surface area contributed by atoms with E-state index in [1.807, 2.05) is 30.3 Å². The molecule has 0 atom stereocenters. The highest BCUT2D eigenvalue weighted by molar-refractivity contribution is 5.94. The van der Waals surface area contributed by atoms with Crippen LogP contribution < -0.4 is 10.1 Å². The Morgan fingerprint density at radius 1 is 0.852 bits per heavy atom. The number of benzene rings is 3. The van der Waals surface area contributed by atoms with Crippen LogP contribution in [0, 0.1) is 0 Å². The number of carbonyl (C=O) groups excluding carboxylic acids is 1. The van der Waals surface area contributed by atoms with Gasteiger partial charge in [0.25, 0.3) is 5.91 Å². The Balaban J connectivity index is 1.57. The highest BCUT2D eigenvalue weighted by Gasteiger charge is 2.11. The fourth-order valence-electron chi connectivity index (χ4n) is 2.60. The SMILES string of the molecule is O=C(NCc1ccccc1C(=O)O)c1ccc(OCc2ccccc2)cc1. The third-order valence-electron chi connectivity index (χ3n) is 4.05. The van der Waals surface area contributed by atoms with Crippen LogP contribution in [0.1, 0.15) is 31.8 Å². The van der Waals surface area contributed by atoms with Gasteiger partial charge in [-0.05, 0) is 41.5 Å². The second kappa shape index (κ2) is 8.67. The van der Waals surface area contributed by atoms with E-state index in [0.717, 1.165) is 5.56 Å². The first kappa shape index (κ1) is 18.2. The summed E-state index contributed by atoms with van der Waals surface area (Å²) in [6, 6.07) is 23.3. The summed E-state index contributed by atoms with van der Waals surface area (Å²) in [6.07, 6.45) is 0. The number of hydrogen-bond acceptors (Lipinski definition) is 3. The fourth-order valence-corrected chi connectivity index (χ4v) is 2.60. The second-order valence-corrected chi connectivity index (χ2v) is 5.94. The van der Waals surface area contributed by atoms with Crippen LogP contribution in [-0.4, -0.2) is 17.0 Å². The minimum absolute atomic E-state index is 0.146. The zero-order valence-electron chi connectivity index (χ0n) is 14.6. The molecule has 5 nitrogen and oxygen atoms in total. The van der Waals surface area contributed by atoms with Crippen molar-refractivity contribution >= 4 is 11.9 Å². The standard InChI is InChI=1S/C22H19NO4/c24-21(23-14-18-8-4-5-9-20(18)22(25)26)17-10-12-19(13-11-17)27-15-16-6-2-1-3-7-16/h1-13H,14-15H2,(H,23,24)(H,25,26). The summed E-state index contributed by atoms with van der Waals surface area (Å²) in [4.78, 5) is 23.5. The number of carboxylic acids is 1. The van der Waals surface area contributed by atoms with Crippen LogP contribution in [0.2, 0.25) is 0 Å². The van der Waals surface area contributed by atoms with Crippen LogP contribution in [-0.2, 0) is 13.2 Å². The molecule has 0 aliphatic rings. The van der Waals surface area contributed by atoms with Gasteiger partial charge in [0.2, 0.25) is 0 Å². The van der Waals surface area contributed by atoms with Gasteiger partial charge in [0.1, 0.15) is 12.4 Å². The summed E-state index contributed by atoms with van der Waals surface area (Å²) in [5, 5.41) is 11.9. The van der Waals surface area contributed by atoms with Gasteiger partial charge >= 0.3 is 5.97 Å². The number of carboxylic acid groups (broad SMARTS) is 1. The number of nitrogens with one attached hydrogen (secondary N) is 1. The zero-order chi connectivity index (χ0) is 19.1. The normalized spacial score (nSPS) is 10.2. The number of amides is 1. The van der Waals surface area contributed by atoms with Gasteiger partial charge in [-0.2, -0.15) is 0 Å². The van der Waals surface area contributed by atoms with E-state index in [1.54, 1.807) is 42.5 Å². The quantitative estimate of drug-likeness (QED) is 0.669. The van der Waals surface area contributed by atoms with E-state index >= 15 is 0 Å². The van der Waals surface area contributed by atoms with Crippen LogP contribution in [0.4, 0.5) is 0 Å². The molecule has 1 amide bonds. The summed E-state index contributed by atoms with van der Waals surface area (Å²) in [5.74, 6) is -0.615. The third kappa shape index (κ3) is 4.95. The van der Waals surface area contributed by atoms with Crippen LogP contribution in [0.3, 0.4) is 0 Å². The molecule has 3 aromatic carbocycles. The Labute approximate surface area is 157 Å². The largest absolute Gasteiger partial charge is 0.489 e. The van der Waals surface area contributed by atoms with E-state index in [0.29, 0.717) is 23.5 Å². The highest BCUT2D eigenvalue weighted by Crippen LogP contribution is 2.15. The van der Waals surface area contributed by atoms with E-state index in [4.69, 9.17) is 4.74 Å². The molecule has 0 spiro atoms. The van der Waals surface area contributed by atoms with Crippen molar-refractivity contribution in [3.05, 3.63) is 101 Å². The fraction of sp³-hybridized carbons (Fsp3) is 0.0909. The van der Waals surface area contributed by atoms with E-state index in [1.165, 1.54) is 6.07 Å². The minimum Gasteiger partial charge on any atom is -0.489 e. The number of rotatable bonds is 7. The van der Waals surface area contributed by atoms with Crippen molar-refractivity contribution in [3.8, 4) is 5.75 Å². The van der Waals surface area contributed by atoms with Crippen LogP contribution in [0.25, 0.3) is 0 Å². The molecule has 3 aromatic rings. The molecule has 0 aromatic heterocycles. The minimum atomic E-state index is -1.01. The average molecular weight is 361 g/mol. The van der Waals surface area contributed by atoms with Crippen molar-refractivity contribution in [3.63, 3.8) is 0 Å². The van der Waals surface area contributed by atoms with Crippen molar-refractivity contribution in [1.82, 2.24) is 5.32 Å². The van der Waals surface area contributed by atoms with Crippen molar-refractivity contribution in [2.24, 2.45) is 0 Å². The van der Waals surface area contributed by atoms with Gasteiger partial charge in [0.15, 0.2) is 0 Å². The predicted octanol–water partition coefficient (Wildman–Crippen LogP) is 3.89. The Bertz CT molecular complexity index is 921. The molecular weight excluding hydrogens is 342 g/mol. The van der Waals surface area contributed by atoms with E-state index < -0.39 is 5.97 Å². The first-order valence-electron chi connectivity index (χ1n) is 8.49. The number of hydrogen-bond donors (Lipinski definition) is 2. The smallest absolute Gasteiger partial charge is 0.336 e. The monoisotopic (exact) mass is 361 g/mol. The van der Waals surface area contributed by atoms with Gasteiger partial charge in [-0.15, -0.1) is 0 Å². The van der Waals surface area contributed by atoms with Gasteiger partial charge in [0.05, 0.1) is 5.56 Å². The van der Waals surface area contributed by atoms with Gasteiger partial charge in [-0.3, -0.25) is 4.79 Å². The topological polar surface area (TPSA) is 75.6 Å². The number of aromatic carboxylic acids is 1. The number of carbonyl (C=O) groups is 2. The summed E-state index contributed by atoms with van der Waals surface area (Å²) >= 11 is 0. The van der Waals surface area contributed by atoms with E-state index in [-0.39, 0.29) is 18.0 Å². The van der Waals surface area contributed by atoms with Gasteiger partial charge in [-0.1, -0.05) is 48.5 Å². The van der Waals surface area contributed by atoms with Crippen LogP contribution in [0.5, 0.6) is 5.75 Å². The maximum Gasteiger partial charge on any atom is 0.336 e. The van der Waals surface area contributed by atoms with Crippen molar-refractivity contribution in [2.45, 2.75) is 13.2 Å². The number of ether oxygens (including phenoxy) is 1. The molecule has 3 rings (SSSR count). The van der Waals surface area contributed by atoms with Crippen molar-refractivity contribution < 1.29 is 19.4 Å². The molecular formula is C22H19NO4. The van der Waals surface area contributed by atoms with Crippen LogP contribution >= 0.6 is 0 Å². The lowest BCUT2D eigenvalue weighted by molar-refractivity contribution is 0.0694. The summed E-state index contributed by atoms with van der Waals surface area (Å²) in [6.45, 7) is 0.603. The molecule has 0 saturated heterocycles. The van der Waals surface area contributed by atoms with Crippen LogP contribution in [0.15, 0.2) is 78.9 Å². The molecule has 2 N–H and O–H groups in total. The van der Waals surface area contributed by atoms with Gasteiger partial charge in [-0.25, -0.2) is 4.79 Å². The molecule has 0 aliphatic carbocycles. The molecule has 0 radical (unpaired) electrons. The first-order chi connectivity index (χ1) is 13.1. The maximum atomic E-state index is 12.3. The first-order valence-corrected chi connectivity index (χ1v) is 8.49. The molecule has 0 heterocycles. The molecule has 0 bridgehead atoms. The van der Waals surface area contributed by atoms with E-state index in [2.05, 4.69) is 5.32 Å². The molecule has 5 heteroatoms. The third-order valence-corrected chi connectivity index (χ3v) is 4.05. The lowest BCUT2D eigenvalue weighted by atomic mass is 10.1. The summed E-state index contributed by atoms with van der Waals surface area (Å²) < 4.78 is 5.70. The average Bonchev–Trinajstić information content (AvgIpc) is 2.71. The van der Waals surface area contributed by atoms with Crippen molar-refractivity contribution in [1.29, 1.82) is 0 Å². The lowest BCUT2D eigenvalue weighted by Crippen LogP contribution is -2.23. The molecule has 0 aliphatic heterocycles. The molecule has 27 heavy (non-hydrogen) atoms. The molecule has 0 saturated carbocycles. The molecule has 0 unspecified atom stereocenters. The van der Waals surface area contributed by atoms with E-state index in [9.17, 15) is 14.7 Å². The highest BCUT2D eigenvalue weighted by atomic mass is 16.5. The Hall–Kier alpha value is -3.60. The lowest BCUT2D eigenvalue weighted by Gasteiger charge is -2.09. The molecule has 136 valence electrons. The van der Waals surface area contributed by atoms with Crippen molar-refractivity contribution in [2.75, 3.05) is 0 Å².